The number of carbonyl (C=O) groups excluding carboxylic acids is 1. The minimum atomic E-state index is -0.407. The van der Waals surface area contributed by atoms with Gasteiger partial charge in [-0.25, -0.2) is 0 Å². The van der Waals surface area contributed by atoms with Crippen molar-refractivity contribution in [2.24, 2.45) is 5.92 Å². The van der Waals surface area contributed by atoms with Gasteiger partial charge in [-0.1, -0.05) is 19.9 Å². The van der Waals surface area contributed by atoms with Crippen LogP contribution >= 0.6 is 0 Å². The lowest BCUT2D eigenvalue weighted by Crippen LogP contribution is -2.45. The number of piperidine rings is 1. The Bertz CT molecular complexity index is 545. The van der Waals surface area contributed by atoms with Crippen molar-refractivity contribution in [2.75, 3.05) is 11.9 Å². The maximum absolute atomic E-state index is 12.2. The molecule has 6 heteroatoms. The van der Waals surface area contributed by atoms with Gasteiger partial charge in [-0.05, 0) is 37.8 Å². The number of nitro groups is 1. The van der Waals surface area contributed by atoms with Gasteiger partial charge >= 0.3 is 0 Å². The van der Waals surface area contributed by atoms with Crippen LogP contribution in [0.2, 0.25) is 0 Å². The Balaban J connectivity index is 2.10. The van der Waals surface area contributed by atoms with Crippen LogP contribution in [0.1, 0.15) is 32.3 Å². The predicted octanol–water partition coefficient (Wildman–Crippen LogP) is 2.48. The molecule has 21 heavy (non-hydrogen) atoms. The number of nitrogens with one attached hydrogen (secondary N) is 2. The smallest absolute Gasteiger partial charge is 0.274 e. The lowest BCUT2D eigenvalue weighted by Gasteiger charge is -2.27. The Morgan fingerprint density at radius 1 is 1.52 bits per heavy atom. The highest BCUT2D eigenvalue weighted by atomic mass is 16.6. The molecule has 2 N–H and O–H groups in total. The van der Waals surface area contributed by atoms with E-state index in [1.165, 1.54) is 6.07 Å². The number of nitro benzene ring substituents is 1. The van der Waals surface area contributed by atoms with E-state index < -0.39 is 4.92 Å². The lowest BCUT2D eigenvalue weighted by molar-refractivity contribution is -0.385. The van der Waals surface area contributed by atoms with Gasteiger partial charge in [-0.3, -0.25) is 14.9 Å². The van der Waals surface area contributed by atoms with E-state index in [1.54, 1.807) is 12.1 Å². The summed E-state index contributed by atoms with van der Waals surface area (Å²) in [6.45, 7) is 4.82. The maximum Gasteiger partial charge on any atom is 0.274 e. The minimum absolute atomic E-state index is 0.0558. The molecule has 114 valence electrons. The Morgan fingerprint density at radius 2 is 2.29 bits per heavy atom. The summed E-state index contributed by atoms with van der Waals surface area (Å²) in [7, 11) is 0. The summed E-state index contributed by atoms with van der Waals surface area (Å²) >= 11 is 0. The molecule has 0 aliphatic carbocycles. The second-order valence-corrected chi connectivity index (χ2v) is 5.58. The second kappa shape index (κ2) is 6.67. The van der Waals surface area contributed by atoms with Crippen molar-refractivity contribution in [3.8, 4) is 0 Å². The average Bonchev–Trinajstić information content (AvgIpc) is 2.47. The van der Waals surface area contributed by atoms with E-state index in [0.717, 1.165) is 19.4 Å². The summed E-state index contributed by atoms with van der Waals surface area (Å²) in [5.74, 6) is 0.388. The molecule has 0 spiro atoms. The van der Waals surface area contributed by atoms with Gasteiger partial charge in [0.1, 0.15) is 0 Å². The Labute approximate surface area is 124 Å². The summed E-state index contributed by atoms with van der Waals surface area (Å²) in [4.78, 5) is 22.8. The number of hydrogen-bond donors (Lipinski definition) is 2. The van der Waals surface area contributed by atoms with Gasteiger partial charge < -0.3 is 10.6 Å². The van der Waals surface area contributed by atoms with Crippen molar-refractivity contribution in [1.29, 1.82) is 0 Å². The fourth-order valence-electron chi connectivity index (χ4n) is 2.65. The van der Waals surface area contributed by atoms with Crippen LogP contribution in [0.4, 0.5) is 11.4 Å². The number of nitrogens with zero attached hydrogens (tertiary/aromatic N) is 1. The van der Waals surface area contributed by atoms with Crippen LogP contribution in [0, 0.1) is 16.0 Å². The van der Waals surface area contributed by atoms with Gasteiger partial charge in [0.05, 0.1) is 11.0 Å². The summed E-state index contributed by atoms with van der Waals surface area (Å²) in [5.41, 5.74) is 1.20. The number of benzene rings is 1. The molecule has 1 fully saturated rings. The van der Waals surface area contributed by atoms with Crippen molar-refractivity contribution in [2.45, 2.75) is 39.2 Å². The molecule has 0 saturated carbocycles. The molecule has 1 saturated heterocycles. The molecule has 2 rings (SSSR count). The van der Waals surface area contributed by atoms with Crippen LogP contribution in [-0.2, 0) is 11.2 Å². The number of aryl methyl sites for hydroxylation is 1. The van der Waals surface area contributed by atoms with E-state index in [-0.39, 0.29) is 17.6 Å². The molecule has 1 heterocycles. The Kier molecular flexibility index (Phi) is 4.90. The summed E-state index contributed by atoms with van der Waals surface area (Å²) in [6, 6.07) is 4.63. The van der Waals surface area contributed by atoms with Gasteiger partial charge in [-0.2, -0.15) is 0 Å². The van der Waals surface area contributed by atoms with E-state index in [1.807, 2.05) is 6.92 Å². The molecule has 1 aliphatic rings. The van der Waals surface area contributed by atoms with Gasteiger partial charge in [0, 0.05) is 17.3 Å². The fraction of sp³-hybridized carbons (Fsp3) is 0.533. The zero-order valence-electron chi connectivity index (χ0n) is 12.4. The molecule has 6 nitrogen and oxygen atoms in total. The van der Waals surface area contributed by atoms with Crippen LogP contribution in [-0.4, -0.2) is 23.4 Å². The van der Waals surface area contributed by atoms with E-state index in [2.05, 4.69) is 17.6 Å². The Morgan fingerprint density at radius 3 is 2.90 bits per heavy atom. The molecule has 0 radical (unpaired) electrons. The topological polar surface area (TPSA) is 84.3 Å². The average molecular weight is 291 g/mol. The van der Waals surface area contributed by atoms with Crippen molar-refractivity contribution >= 4 is 17.3 Å². The molecular weight excluding hydrogens is 270 g/mol. The highest BCUT2D eigenvalue weighted by Crippen LogP contribution is 2.24. The number of hydrogen-bond acceptors (Lipinski definition) is 4. The maximum atomic E-state index is 12.2. The number of amides is 1. The highest BCUT2D eigenvalue weighted by Gasteiger charge is 2.25. The third-order valence-corrected chi connectivity index (χ3v) is 3.91. The molecule has 0 bridgehead atoms. The standard InChI is InChI=1S/C15H21N3O3/c1-3-11-4-5-12(9-14(11)18(20)21)17-15(19)13-8-10(2)6-7-16-13/h4-5,9-10,13,16H,3,6-8H2,1-2H3,(H,17,19). The van der Waals surface area contributed by atoms with E-state index in [0.29, 0.717) is 23.6 Å². The first kappa shape index (κ1) is 15.4. The summed E-state index contributed by atoms with van der Waals surface area (Å²) in [6.07, 6.45) is 2.45. The fourth-order valence-corrected chi connectivity index (χ4v) is 2.65. The molecule has 1 aliphatic heterocycles. The van der Waals surface area contributed by atoms with Crippen molar-refractivity contribution < 1.29 is 9.72 Å². The lowest BCUT2D eigenvalue weighted by atomic mass is 9.94. The predicted molar refractivity (Wildman–Crippen MR) is 81.3 cm³/mol. The van der Waals surface area contributed by atoms with Crippen LogP contribution < -0.4 is 10.6 Å². The quantitative estimate of drug-likeness (QED) is 0.659. The van der Waals surface area contributed by atoms with Gasteiger partial charge in [0.25, 0.3) is 5.69 Å². The first-order valence-electron chi connectivity index (χ1n) is 7.32. The van der Waals surface area contributed by atoms with E-state index in [4.69, 9.17) is 0 Å². The number of rotatable bonds is 4. The van der Waals surface area contributed by atoms with Crippen molar-refractivity contribution in [3.05, 3.63) is 33.9 Å². The molecule has 2 atom stereocenters. The zero-order valence-corrected chi connectivity index (χ0v) is 12.4. The van der Waals surface area contributed by atoms with Crippen molar-refractivity contribution in [3.63, 3.8) is 0 Å². The molecule has 1 amide bonds. The van der Waals surface area contributed by atoms with Gasteiger partial charge in [0.2, 0.25) is 5.91 Å². The van der Waals surface area contributed by atoms with Crippen LogP contribution in [0.15, 0.2) is 18.2 Å². The summed E-state index contributed by atoms with van der Waals surface area (Å²) < 4.78 is 0. The molecule has 1 aromatic rings. The number of carbonyl (C=O) groups is 1. The summed E-state index contributed by atoms with van der Waals surface area (Å²) in [5, 5.41) is 17.0. The molecule has 0 aromatic heterocycles. The van der Waals surface area contributed by atoms with Gasteiger partial charge in [0.15, 0.2) is 0 Å². The van der Waals surface area contributed by atoms with Gasteiger partial charge in [-0.15, -0.1) is 0 Å². The normalized spacial score (nSPS) is 21.8. The third-order valence-electron chi connectivity index (χ3n) is 3.91. The van der Waals surface area contributed by atoms with E-state index in [9.17, 15) is 14.9 Å². The highest BCUT2D eigenvalue weighted by molar-refractivity contribution is 5.95. The number of anilines is 1. The second-order valence-electron chi connectivity index (χ2n) is 5.58. The van der Waals surface area contributed by atoms with Crippen LogP contribution in [0.5, 0.6) is 0 Å². The molecular formula is C15H21N3O3. The van der Waals surface area contributed by atoms with E-state index >= 15 is 0 Å². The largest absolute Gasteiger partial charge is 0.324 e. The Hall–Kier alpha value is -1.95. The molecule has 1 aromatic carbocycles. The molecule has 2 unspecified atom stereocenters. The van der Waals surface area contributed by atoms with Crippen molar-refractivity contribution in [1.82, 2.24) is 5.32 Å². The first-order chi connectivity index (χ1) is 10.0. The zero-order chi connectivity index (χ0) is 15.4. The third kappa shape index (κ3) is 3.78. The SMILES string of the molecule is CCc1ccc(NC(=O)C2CC(C)CCN2)cc1[N+](=O)[O-]. The first-order valence-corrected chi connectivity index (χ1v) is 7.32. The monoisotopic (exact) mass is 291 g/mol. The van der Waals surface area contributed by atoms with Crippen LogP contribution in [0.25, 0.3) is 0 Å². The minimum Gasteiger partial charge on any atom is -0.324 e. The van der Waals surface area contributed by atoms with Crippen LogP contribution in [0.3, 0.4) is 0 Å².